The van der Waals surface area contributed by atoms with Crippen molar-refractivity contribution >= 4 is 11.8 Å². The number of aromatic nitrogens is 2. The monoisotopic (exact) mass is 372 g/mol. The van der Waals surface area contributed by atoms with Crippen LogP contribution in [0.3, 0.4) is 0 Å². The summed E-state index contributed by atoms with van der Waals surface area (Å²) in [5.74, 6) is 0.822. The lowest BCUT2D eigenvalue weighted by Gasteiger charge is -2.39. The van der Waals surface area contributed by atoms with Gasteiger partial charge in [-0.2, -0.15) is 4.98 Å². The predicted molar refractivity (Wildman–Crippen MR) is 100 cm³/mol. The van der Waals surface area contributed by atoms with E-state index in [-0.39, 0.29) is 24.0 Å². The van der Waals surface area contributed by atoms with Gasteiger partial charge in [0.15, 0.2) is 0 Å². The van der Waals surface area contributed by atoms with Gasteiger partial charge in [0.2, 0.25) is 11.8 Å². The van der Waals surface area contributed by atoms with E-state index in [1.54, 1.807) is 17.9 Å². The minimum atomic E-state index is -0.408. The van der Waals surface area contributed by atoms with Crippen molar-refractivity contribution in [2.75, 3.05) is 26.2 Å². The van der Waals surface area contributed by atoms with E-state index in [0.29, 0.717) is 24.7 Å². The Balaban J connectivity index is 1.45. The average molecular weight is 372 g/mol. The van der Waals surface area contributed by atoms with E-state index in [2.05, 4.69) is 4.98 Å². The maximum atomic E-state index is 13.1. The zero-order chi connectivity index (χ0) is 19.2. The molecule has 3 heterocycles. The molecule has 1 spiro atoms. The smallest absolute Gasteiger partial charge is 0.342 e. The van der Waals surface area contributed by atoms with Crippen LogP contribution in [0.2, 0.25) is 0 Å². The largest absolute Gasteiger partial charge is 0.348 e. The van der Waals surface area contributed by atoms with Gasteiger partial charge in [-0.25, -0.2) is 4.79 Å². The van der Waals surface area contributed by atoms with Crippen molar-refractivity contribution in [1.82, 2.24) is 19.4 Å². The third kappa shape index (κ3) is 3.51. The van der Waals surface area contributed by atoms with Crippen LogP contribution in [-0.2, 0) is 16.1 Å². The van der Waals surface area contributed by atoms with Crippen molar-refractivity contribution in [3.05, 3.63) is 27.9 Å². The van der Waals surface area contributed by atoms with Crippen molar-refractivity contribution < 1.29 is 9.59 Å². The molecular weight excluding hydrogens is 344 g/mol. The summed E-state index contributed by atoms with van der Waals surface area (Å²) in [7, 11) is 0. The van der Waals surface area contributed by atoms with Crippen molar-refractivity contribution in [2.24, 2.45) is 11.3 Å². The second-order valence-electron chi connectivity index (χ2n) is 8.55. The Morgan fingerprint density at radius 3 is 2.70 bits per heavy atom. The lowest BCUT2D eigenvalue weighted by atomic mass is 9.78. The SMILES string of the molecule is Cc1cc(C)n(CC(=O)N2CC[C@]3(CCCN(CC4CC4)C3=O)C2)c(=O)n1. The van der Waals surface area contributed by atoms with Crippen molar-refractivity contribution in [3.63, 3.8) is 0 Å². The first kappa shape index (κ1) is 18.2. The van der Waals surface area contributed by atoms with E-state index in [1.807, 2.05) is 11.8 Å². The van der Waals surface area contributed by atoms with Gasteiger partial charge < -0.3 is 9.80 Å². The van der Waals surface area contributed by atoms with Gasteiger partial charge in [0.05, 0.1) is 5.41 Å². The number of rotatable bonds is 4. The Hall–Kier alpha value is -2.18. The molecule has 146 valence electrons. The van der Waals surface area contributed by atoms with Gasteiger partial charge in [-0.1, -0.05) is 0 Å². The van der Waals surface area contributed by atoms with Gasteiger partial charge in [-0.05, 0) is 57.9 Å². The minimum Gasteiger partial charge on any atom is -0.342 e. The molecule has 1 aromatic heterocycles. The number of piperidine rings is 1. The van der Waals surface area contributed by atoms with Crippen LogP contribution in [0.1, 0.15) is 43.5 Å². The van der Waals surface area contributed by atoms with Crippen LogP contribution in [0.25, 0.3) is 0 Å². The molecule has 7 nitrogen and oxygen atoms in total. The second kappa shape index (κ2) is 6.77. The topological polar surface area (TPSA) is 75.5 Å². The number of carbonyl (C=O) groups is 2. The highest BCUT2D eigenvalue weighted by Gasteiger charge is 2.49. The molecule has 0 unspecified atom stereocenters. The lowest BCUT2D eigenvalue weighted by molar-refractivity contribution is -0.146. The summed E-state index contributed by atoms with van der Waals surface area (Å²) in [5, 5.41) is 0. The van der Waals surface area contributed by atoms with Gasteiger partial charge in [0.1, 0.15) is 6.54 Å². The summed E-state index contributed by atoms with van der Waals surface area (Å²) in [4.78, 5) is 45.8. The van der Waals surface area contributed by atoms with E-state index < -0.39 is 5.41 Å². The fourth-order valence-corrected chi connectivity index (χ4v) is 4.60. The molecular formula is C20H28N4O3. The number of carbonyl (C=O) groups excluding carboxylic acids is 2. The predicted octanol–water partition coefficient (Wildman–Crippen LogP) is 1.11. The molecule has 0 aromatic carbocycles. The molecule has 2 saturated heterocycles. The van der Waals surface area contributed by atoms with Crippen molar-refractivity contribution in [3.8, 4) is 0 Å². The van der Waals surface area contributed by atoms with Gasteiger partial charge in [0, 0.05) is 37.6 Å². The van der Waals surface area contributed by atoms with E-state index in [4.69, 9.17) is 0 Å². The summed E-state index contributed by atoms with van der Waals surface area (Å²) >= 11 is 0. The van der Waals surface area contributed by atoms with Gasteiger partial charge in [0.25, 0.3) is 0 Å². The van der Waals surface area contributed by atoms with Gasteiger partial charge in [-0.3, -0.25) is 14.2 Å². The summed E-state index contributed by atoms with van der Waals surface area (Å²) < 4.78 is 1.42. The molecule has 1 saturated carbocycles. The highest BCUT2D eigenvalue weighted by molar-refractivity contribution is 5.86. The van der Waals surface area contributed by atoms with E-state index in [0.717, 1.165) is 38.0 Å². The Bertz CT molecular complexity index is 829. The fourth-order valence-electron chi connectivity index (χ4n) is 4.60. The first-order valence-corrected chi connectivity index (χ1v) is 10.0. The average Bonchev–Trinajstić information content (AvgIpc) is 3.33. The van der Waals surface area contributed by atoms with Crippen LogP contribution in [0.15, 0.2) is 10.9 Å². The first-order valence-electron chi connectivity index (χ1n) is 10.0. The molecule has 7 heteroatoms. The summed E-state index contributed by atoms with van der Waals surface area (Å²) in [6.07, 6.45) is 5.09. The number of amides is 2. The third-order valence-corrected chi connectivity index (χ3v) is 6.35. The zero-order valence-corrected chi connectivity index (χ0v) is 16.2. The molecule has 1 aromatic rings. The zero-order valence-electron chi connectivity index (χ0n) is 16.2. The number of hydrogen-bond acceptors (Lipinski definition) is 4. The minimum absolute atomic E-state index is 0.00595. The Morgan fingerprint density at radius 2 is 2.00 bits per heavy atom. The number of hydrogen-bond donors (Lipinski definition) is 0. The van der Waals surface area contributed by atoms with E-state index >= 15 is 0 Å². The lowest BCUT2D eigenvalue weighted by Crippen LogP contribution is -2.51. The molecule has 0 N–H and O–H groups in total. The van der Waals surface area contributed by atoms with Crippen LogP contribution < -0.4 is 5.69 Å². The Morgan fingerprint density at radius 1 is 1.22 bits per heavy atom. The Labute approximate surface area is 159 Å². The molecule has 0 radical (unpaired) electrons. The number of likely N-dealkylation sites (tertiary alicyclic amines) is 2. The Kier molecular flexibility index (Phi) is 4.56. The molecule has 27 heavy (non-hydrogen) atoms. The molecule has 2 aliphatic heterocycles. The molecule has 4 rings (SSSR count). The fraction of sp³-hybridized carbons (Fsp3) is 0.700. The maximum absolute atomic E-state index is 13.1. The summed E-state index contributed by atoms with van der Waals surface area (Å²) in [5.41, 5.74) is 0.594. The molecule has 1 aliphatic carbocycles. The summed E-state index contributed by atoms with van der Waals surface area (Å²) in [6.45, 7) is 6.40. The van der Waals surface area contributed by atoms with Crippen LogP contribution in [0.5, 0.6) is 0 Å². The molecule has 2 amide bonds. The van der Waals surface area contributed by atoms with Crippen LogP contribution in [0, 0.1) is 25.2 Å². The van der Waals surface area contributed by atoms with Crippen molar-refractivity contribution in [1.29, 1.82) is 0 Å². The molecule has 3 aliphatic rings. The first-order chi connectivity index (χ1) is 12.9. The van der Waals surface area contributed by atoms with Crippen LogP contribution >= 0.6 is 0 Å². The van der Waals surface area contributed by atoms with Crippen LogP contribution in [-0.4, -0.2) is 57.3 Å². The third-order valence-electron chi connectivity index (χ3n) is 6.35. The maximum Gasteiger partial charge on any atom is 0.348 e. The highest BCUT2D eigenvalue weighted by Crippen LogP contribution is 2.41. The molecule has 1 atom stereocenters. The van der Waals surface area contributed by atoms with E-state index in [1.165, 1.54) is 17.4 Å². The molecule has 0 bridgehead atoms. The van der Waals surface area contributed by atoms with Crippen LogP contribution in [0.4, 0.5) is 0 Å². The van der Waals surface area contributed by atoms with E-state index in [9.17, 15) is 14.4 Å². The second-order valence-corrected chi connectivity index (χ2v) is 8.55. The normalized spacial score (nSPS) is 25.5. The highest BCUT2D eigenvalue weighted by atomic mass is 16.2. The van der Waals surface area contributed by atoms with Gasteiger partial charge in [-0.15, -0.1) is 0 Å². The molecule has 3 fully saturated rings. The summed E-state index contributed by atoms with van der Waals surface area (Å²) in [6, 6.07) is 1.81. The standard InChI is InChI=1S/C20H28N4O3/c1-14-10-15(2)24(19(27)21-14)12-17(25)23-9-7-20(13-23)6-3-8-22(18(20)26)11-16-4-5-16/h10,16H,3-9,11-13H2,1-2H3/t20-/m1/s1. The van der Waals surface area contributed by atoms with Gasteiger partial charge >= 0.3 is 5.69 Å². The van der Waals surface area contributed by atoms with Crippen molar-refractivity contribution in [2.45, 2.75) is 52.5 Å². The quantitative estimate of drug-likeness (QED) is 0.793. The number of aryl methyl sites for hydroxylation is 2. The number of nitrogens with zero attached hydrogens (tertiary/aromatic N) is 4.